The van der Waals surface area contributed by atoms with Gasteiger partial charge in [0.1, 0.15) is 0 Å². The summed E-state index contributed by atoms with van der Waals surface area (Å²) in [7, 11) is 1.82. The number of carbonyl (C=O) groups excluding carboxylic acids is 1. The molecule has 0 aromatic heterocycles. The Bertz CT molecular complexity index is 737. The maximum Gasteiger partial charge on any atom is 0.222 e. The van der Waals surface area contributed by atoms with E-state index in [0.717, 1.165) is 58.2 Å². The highest BCUT2D eigenvalue weighted by Crippen LogP contribution is 2.17. The van der Waals surface area contributed by atoms with Crippen molar-refractivity contribution in [2.45, 2.75) is 52.2 Å². The van der Waals surface area contributed by atoms with Gasteiger partial charge in [0, 0.05) is 58.8 Å². The number of hydrogen-bond acceptors (Lipinski definition) is 4. The van der Waals surface area contributed by atoms with E-state index >= 15 is 0 Å². The van der Waals surface area contributed by atoms with Crippen molar-refractivity contribution in [2.75, 3.05) is 46.4 Å². The van der Waals surface area contributed by atoms with Gasteiger partial charge in [-0.25, -0.2) is 0 Å². The third-order valence-electron chi connectivity index (χ3n) is 6.13. The van der Waals surface area contributed by atoms with Crippen LogP contribution >= 0.6 is 24.0 Å². The predicted molar refractivity (Wildman–Crippen MR) is 140 cm³/mol. The summed E-state index contributed by atoms with van der Waals surface area (Å²) in [6.07, 6.45) is 2.80. The molecular formula is C24H40IN5O2. The van der Waals surface area contributed by atoms with Crippen LogP contribution in [0.4, 0.5) is 0 Å². The first kappa shape index (κ1) is 26.9. The molecule has 1 aromatic carbocycles. The molecule has 1 amide bonds. The average Bonchev–Trinajstić information content (AvgIpc) is 3.18. The van der Waals surface area contributed by atoms with Crippen molar-refractivity contribution >= 4 is 35.8 Å². The number of rotatable bonds is 9. The van der Waals surface area contributed by atoms with Crippen LogP contribution in [0.15, 0.2) is 29.3 Å². The molecule has 2 aliphatic rings. The number of likely N-dealkylation sites (tertiary alicyclic amines) is 1. The summed E-state index contributed by atoms with van der Waals surface area (Å²) in [5, 5.41) is 7.00. The fourth-order valence-electron chi connectivity index (χ4n) is 4.42. The first-order valence-corrected chi connectivity index (χ1v) is 11.7. The Hall–Kier alpha value is -1.39. The molecule has 0 radical (unpaired) electrons. The zero-order valence-corrected chi connectivity index (χ0v) is 22.1. The number of halogens is 1. The Balaban J connectivity index is 0.00000363. The van der Waals surface area contributed by atoms with Crippen molar-refractivity contribution in [2.24, 2.45) is 10.9 Å². The van der Waals surface area contributed by atoms with Gasteiger partial charge in [0.15, 0.2) is 5.96 Å². The number of morpholine rings is 1. The van der Waals surface area contributed by atoms with Crippen LogP contribution < -0.4 is 10.6 Å². The Kier molecular flexibility index (Phi) is 11.7. The highest BCUT2D eigenvalue weighted by Gasteiger charge is 2.23. The number of ether oxygens (including phenoxy) is 1. The van der Waals surface area contributed by atoms with Gasteiger partial charge < -0.3 is 20.3 Å². The Labute approximate surface area is 210 Å². The smallest absolute Gasteiger partial charge is 0.222 e. The zero-order chi connectivity index (χ0) is 22.1. The molecular weight excluding hydrogens is 517 g/mol. The van der Waals surface area contributed by atoms with E-state index in [9.17, 15) is 4.79 Å². The SMILES string of the molecule is CN=C(NCc1ccccc1CN1CCCC1=O)NCC(CC(C)C)N1CCOCC1.I. The molecule has 180 valence electrons. The minimum atomic E-state index is 0. The minimum Gasteiger partial charge on any atom is -0.379 e. The molecule has 0 spiro atoms. The number of nitrogens with zero attached hydrogens (tertiary/aromatic N) is 3. The summed E-state index contributed by atoms with van der Waals surface area (Å²) in [5.41, 5.74) is 2.41. The van der Waals surface area contributed by atoms with Gasteiger partial charge in [-0.15, -0.1) is 24.0 Å². The third-order valence-corrected chi connectivity index (χ3v) is 6.13. The largest absolute Gasteiger partial charge is 0.379 e. The van der Waals surface area contributed by atoms with E-state index < -0.39 is 0 Å². The molecule has 2 fully saturated rings. The Morgan fingerprint density at radius 3 is 2.47 bits per heavy atom. The lowest BCUT2D eigenvalue weighted by atomic mass is 10.0. The molecule has 2 N–H and O–H groups in total. The number of carbonyl (C=O) groups is 1. The second-order valence-electron chi connectivity index (χ2n) is 8.93. The number of amides is 1. The third kappa shape index (κ3) is 8.19. The van der Waals surface area contributed by atoms with Gasteiger partial charge in [-0.2, -0.15) is 0 Å². The fraction of sp³-hybridized carbons (Fsp3) is 0.667. The molecule has 8 heteroatoms. The Morgan fingerprint density at radius 1 is 1.12 bits per heavy atom. The molecule has 1 unspecified atom stereocenters. The van der Waals surface area contributed by atoms with Crippen molar-refractivity contribution in [1.82, 2.24) is 20.4 Å². The van der Waals surface area contributed by atoms with Crippen molar-refractivity contribution in [1.29, 1.82) is 0 Å². The van der Waals surface area contributed by atoms with Crippen molar-refractivity contribution in [3.8, 4) is 0 Å². The number of hydrogen-bond donors (Lipinski definition) is 2. The van der Waals surface area contributed by atoms with Gasteiger partial charge in [-0.3, -0.25) is 14.7 Å². The van der Waals surface area contributed by atoms with Gasteiger partial charge in [0.05, 0.1) is 13.2 Å². The van der Waals surface area contributed by atoms with Crippen LogP contribution in [-0.2, 0) is 22.6 Å². The molecule has 0 aliphatic carbocycles. The van der Waals surface area contributed by atoms with E-state index in [1.165, 1.54) is 11.1 Å². The van der Waals surface area contributed by atoms with Gasteiger partial charge in [-0.05, 0) is 29.9 Å². The monoisotopic (exact) mass is 557 g/mol. The van der Waals surface area contributed by atoms with E-state index in [1.54, 1.807) is 0 Å². The van der Waals surface area contributed by atoms with Crippen LogP contribution in [-0.4, -0.2) is 74.1 Å². The topological polar surface area (TPSA) is 69.2 Å². The molecule has 2 heterocycles. The van der Waals surface area contributed by atoms with Gasteiger partial charge in [0.2, 0.25) is 5.91 Å². The molecule has 2 saturated heterocycles. The first-order chi connectivity index (χ1) is 15.1. The Morgan fingerprint density at radius 2 is 1.84 bits per heavy atom. The molecule has 0 bridgehead atoms. The maximum atomic E-state index is 12.0. The average molecular weight is 558 g/mol. The highest BCUT2D eigenvalue weighted by atomic mass is 127. The highest BCUT2D eigenvalue weighted by molar-refractivity contribution is 14.0. The number of guanidine groups is 1. The van der Waals surface area contributed by atoms with E-state index in [2.05, 4.69) is 52.6 Å². The number of benzene rings is 1. The molecule has 0 saturated carbocycles. The van der Waals surface area contributed by atoms with Gasteiger partial charge in [-0.1, -0.05) is 38.1 Å². The van der Waals surface area contributed by atoms with Crippen LogP contribution in [0, 0.1) is 5.92 Å². The van der Waals surface area contributed by atoms with Crippen LogP contribution in [0.1, 0.15) is 44.2 Å². The maximum absolute atomic E-state index is 12.0. The lowest BCUT2D eigenvalue weighted by molar-refractivity contribution is -0.128. The van der Waals surface area contributed by atoms with Crippen LogP contribution in [0.3, 0.4) is 0 Å². The van der Waals surface area contributed by atoms with Gasteiger partial charge >= 0.3 is 0 Å². The van der Waals surface area contributed by atoms with Crippen LogP contribution in [0.2, 0.25) is 0 Å². The van der Waals surface area contributed by atoms with E-state index in [4.69, 9.17) is 4.74 Å². The van der Waals surface area contributed by atoms with Crippen molar-refractivity contribution in [3.63, 3.8) is 0 Å². The number of nitrogens with one attached hydrogen (secondary N) is 2. The van der Waals surface area contributed by atoms with Crippen molar-refractivity contribution < 1.29 is 9.53 Å². The van der Waals surface area contributed by atoms with Gasteiger partial charge in [0.25, 0.3) is 0 Å². The molecule has 1 atom stereocenters. The molecule has 32 heavy (non-hydrogen) atoms. The summed E-state index contributed by atoms with van der Waals surface area (Å²) in [6.45, 7) is 11.3. The fourth-order valence-corrected chi connectivity index (χ4v) is 4.42. The van der Waals surface area contributed by atoms with Crippen LogP contribution in [0.25, 0.3) is 0 Å². The molecule has 2 aliphatic heterocycles. The predicted octanol–water partition coefficient (Wildman–Crippen LogP) is 2.84. The lowest BCUT2D eigenvalue weighted by Crippen LogP contribution is -2.51. The summed E-state index contributed by atoms with van der Waals surface area (Å²) in [5.74, 6) is 1.72. The second-order valence-corrected chi connectivity index (χ2v) is 8.93. The van der Waals surface area contributed by atoms with Crippen LogP contribution in [0.5, 0.6) is 0 Å². The molecule has 7 nitrogen and oxygen atoms in total. The quantitative estimate of drug-likeness (QED) is 0.278. The second kappa shape index (κ2) is 14.0. The van der Waals surface area contributed by atoms with E-state index in [1.807, 2.05) is 18.0 Å². The summed E-state index contributed by atoms with van der Waals surface area (Å²) in [6, 6.07) is 8.82. The number of aliphatic imine (C=N–C) groups is 1. The zero-order valence-electron chi connectivity index (χ0n) is 19.8. The summed E-state index contributed by atoms with van der Waals surface area (Å²) >= 11 is 0. The standard InChI is InChI=1S/C24H39N5O2.HI/c1-19(2)15-22(28-11-13-31-14-12-28)17-27-24(25-3)26-16-20-7-4-5-8-21(20)18-29-10-6-9-23(29)30;/h4-5,7-8,19,22H,6,9-18H2,1-3H3,(H2,25,26,27);1H. The normalized spacial score (nSPS) is 18.6. The van der Waals surface area contributed by atoms with E-state index in [0.29, 0.717) is 31.5 Å². The summed E-state index contributed by atoms with van der Waals surface area (Å²) in [4.78, 5) is 21.0. The minimum absolute atomic E-state index is 0. The molecule has 1 aromatic rings. The van der Waals surface area contributed by atoms with Crippen molar-refractivity contribution in [3.05, 3.63) is 35.4 Å². The lowest BCUT2D eigenvalue weighted by Gasteiger charge is -2.35. The first-order valence-electron chi connectivity index (χ1n) is 11.7. The molecule has 3 rings (SSSR count). The van der Waals surface area contributed by atoms with E-state index in [-0.39, 0.29) is 29.9 Å². The summed E-state index contributed by atoms with van der Waals surface area (Å²) < 4.78 is 5.53.